The van der Waals surface area contributed by atoms with E-state index in [0.717, 1.165) is 11.6 Å². The minimum atomic E-state index is -0.594. The maximum absolute atomic E-state index is 13.4. The van der Waals surface area contributed by atoms with E-state index >= 15 is 0 Å². The van der Waals surface area contributed by atoms with E-state index in [1.807, 2.05) is 19.8 Å². The molecule has 3 N–H and O–H groups in total. The fraction of sp³-hybridized carbons (Fsp3) is 0.286. The number of hydrogen-bond donors (Lipinski definition) is 2. The molecule has 0 spiro atoms. The molecule has 7 nitrogen and oxygen atoms in total. The first-order chi connectivity index (χ1) is 14.8. The number of benzene rings is 1. The van der Waals surface area contributed by atoms with Crippen molar-refractivity contribution in [2.24, 2.45) is 5.73 Å². The van der Waals surface area contributed by atoms with Crippen LogP contribution in [0.5, 0.6) is 11.5 Å². The van der Waals surface area contributed by atoms with E-state index in [9.17, 15) is 9.18 Å². The first-order valence-corrected chi connectivity index (χ1v) is 9.79. The number of carbonyl (C=O) groups is 2. The minimum absolute atomic E-state index is 0.00282. The maximum Gasteiger partial charge on any atom is 0.258 e. The third kappa shape index (κ3) is 8.53. The van der Waals surface area contributed by atoms with E-state index in [2.05, 4.69) is 16.0 Å². The van der Waals surface area contributed by atoms with E-state index in [0.29, 0.717) is 23.9 Å². The molecule has 1 amide bonds. The molecule has 1 aromatic carbocycles. The average molecular weight is 472 g/mol. The van der Waals surface area contributed by atoms with Gasteiger partial charge in [-0.15, -0.1) is 0 Å². The van der Waals surface area contributed by atoms with Gasteiger partial charge in [-0.05, 0) is 50.2 Å². The average Bonchev–Trinajstić information content (AvgIpc) is 2.75. The van der Waals surface area contributed by atoms with Crippen molar-refractivity contribution in [3.63, 3.8) is 0 Å². The van der Waals surface area contributed by atoms with Gasteiger partial charge in [0.25, 0.3) is 5.91 Å². The van der Waals surface area contributed by atoms with Gasteiger partial charge in [0.15, 0.2) is 6.61 Å². The fourth-order valence-electron chi connectivity index (χ4n) is 2.76. The Hall–Kier alpha value is -2.68. The SMILES string of the molecule is C=O.CC1(NC(=O)COc2ccc(Cl)c(F)c2)C=C(COc2ccc(Cl)nc2)C1.CN. The van der Waals surface area contributed by atoms with Crippen LogP contribution in [-0.2, 0) is 9.59 Å². The Morgan fingerprint density at radius 2 is 1.87 bits per heavy atom. The van der Waals surface area contributed by atoms with Gasteiger partial charge in [-0.2, -0.15) is 0 Å². The summed E-state index contributed by atoms with van der Waals surface area (Å²) in [7, 11) is 1.50. The zero-order valence-corrected chi connectivity index (χ0v) is 18.7. The third-order valence-electron chi connectivity index (χ3n) is 3.93. The van der Waals surface area contributed by atoms with Gasteiger partial charge in [0.1, 0.15) is 35.9 Å². The molecule has 31 heavy (non-hydrogen) atoms. The predicted molar refractivity (Wildman–Crippen MR) is 118 cm³/mol. The highest BCUT2D eigenvalue weighted by molar-refractivity contribution is 6.30. The van der Waals surface area contributed by atoms with Gasteiger partial charge >= 0.3 is 0 Å². The van der Waals surface area contributed by atoms with Crippen molar-refractivity contribution in [3.8, 4) is 11.5 Å². The van der Waals surface area contributed by atoms with E-state index in [4.69, 9.17) is 37.5 Å². The molecule has 10 heteroatoms. The summed E-state index contributed by atoms with van der Waals surface area (Å²) in [4.78, 5) is 24.0. The summed E-state index contributed by atoms with van der Waals surface area (Å²) >= 11 is 11.3. The lowest BCUT2D eigenvalue weighted by molar-refractivity contribution is -0.124. The molecule has 0 fully saturated rings. The molecule has 0 saturated carbocycles. The molecule has 1 aliphatic rings. The Balaban J connectivity index is 0.00000113. The molecule has 0 radical (unpaired) electrons. The minimum Gasteiger partial charge on any atom is -0.488 e. The number of pyridine rings is 1. The number of ether oxygens (including phenoxy) is 2. The number of nitrogens with zero attached hydrogens (tertiary/aromatic N) is 1. The molecule has 1 heterocycles. The van der Waals surface area contributed by atoms with Crippen LogP contribution >= 0.6 is 23.2 Å². The number of rotatable bonds is 7. The van der Waals surface area contributed by atoms with Crippen LogP contribution in [0.15, 0.2) is 48.2 Å². The van der Waals surface area contributed by atoms with E-state index in [-0.39, 0.29) is 23.3 Å². The molecule has 2 aromatic rings. The third-order valence-corrected chi connectivity index (χ3v) is 4.46. The van der Waals surface area contributed by atoms with Crippen molar-refractivity contribution < 1.29 is 23.5 Å². The number of aromatic nitrogens is 1. The second kappa shape index (κ2) is 12.9. The number of nitrogens with one attached hydrogen (secondary N) is 1. The van der Waals surface area contributed by atoms with Crippen molar-refractivity contribution in [2.75, 3.05) is 20.3 Å². The van der Waals surface area contributed by atoms with Gasteiger partial charge < -0.3 is 25.3 Å². The van der Waals surface area contributed by atoms with Gasteiger partial charge in [0, 0.05) is 6.07 Å². The van der Waals surface area contributed by atoms with Gasteiger partial charge in [-0.25, -0.2) is 9.37 Å². The molecule has 3 rings (SSSR count). The Morgan fingerprint density at radius 1 is 1.23 bits per heavy atom. The Kier molecular flexibility index (Phi) is 11.0. The molecule has 168 valence electrons. The van der Waals surface area contributed by atoms with Gasteiger partial charge in [-0.3, -0.25) is 4.79 Å². The summed E-state index contributed by atoms with van der Waals surface area (Å²) in [5.41, 5.74) is 5.11. The van der Waals surface area contributed by atoms with Crippen LogP contribution in [0, 0.1) is 5.82 Å². The van der Waals surface area contributed by atoms with Crippen molar-refractivity contribution in [3.05, 3.63) is 64.2 Å². The summed E-state index contributed by atoms with van der Waals surface area (Å²) in [5.74, 6) is -0.0245. The highest BCUT2D eigenvalue weighted by atomic mass is 35.5. The number of nitrogens with two attached hydrogens (primary N) is 1. The summed E-state index contributed by atoms with van der Waals surface area (Å²) in [5, 5.41) is 3.29. The monoisotopic (exact) mass is 471 g/mol. The highest BCUT2D eigenvalue weighted by Gasteiger charge is 2.33. The molecule has 0 bridgehead atoms. The van der Waals surface area contributed by atoms with Crippen LogP contribution in [0.1, 0.15) is 13.3 Å². The van der Waals surface area contributed by atoms with Gasteiger partial charge in [0.05, 0.1) is 16.8 Å². The van der Waals surface area contributed by atoms with Gasteiger partial charge in [0.2, 0.25) is 0 Å². The normalized spacial score (nSPS) is 16.3. The van der Waals surface area contributed by atoms with E-state index in [1.54, 1.807) is 18.3 Å². The summed E-state index contributed by atoms with van der Waals surface area (Å²) < 4.78 is 24.3. The standard InChI is InChI=1S/C19H17Cl2FN2O3.CH5N.CH2O/c1-19(7-12(8-19)10-26-14-3-5-17(21)23-9-14)24-18(25)11-27-13-2-4-15(20)16(22)6-13;2*1-2/h2-7,9H,8,10-11H2,1H3,(H,24,25);2H2,1H3;1H2. The zero-order chi connectivity index (χ0) is 23.4. The number of hydrogen-bond acceptors (Lipinski definition) is 6. The second-order valence-electron chi connectivity index (χ2n) is 6.41. The van der Waals surface area contributed by atoms with Crippen molar-refractivity contribution in [2.45, 2.75) is 18.9 Å². The molecule has 1 unspecified atom stereocenters. The van der Waals surface area contributed by atoms with Crippen LogP contribution in [0.3, 0.4) is 0 Å². The Bertz CT molecular complexity index is 897. The Morgan fingerprint density at radius 3 is 2.45 bits per heavy atom. The molecule has 1 atom stereocenters. The van der Waals surface area contributed by atoms with Crippen LogP contribution in [0.4, 0.5) is 4.39 Å². The van der Waals surface area contributed by atoms with Crippen molar-refractivity contribution in [1.29, 1.82) is 0 Å². The van der Waals surface area contributed by atoms with E-state index < -0.39 is 11.4 Å². The molecule has 0 saturated heterocycles. The first kappa shape index (κ1) is 26.4. The van der Waals surface area contributed by atoms with Crippen LogP contribution in [0.25, 0.3) is 0 Å². The summed E-state index contributed by atoms with van der Waals surface area (Å²) in [6, 6.07) is 7.42. The number of carbonyl (C=O) groups excluding carboxylic acids is 2. The molecule has 1 aromatic heterocycles. The van der Waals surface area contributed by atoms with E-state index in [1.165, 1.54) is 19.2 Å². The van der Waals surface area contributed by atoms with Crippen LogP contribution in [-0.4, -0.2) is 43.5 Å². The summed E-state index contributed by atoms with van der Waals surface area (Å²) in [6.07, 6.45) is 4.16. The predicted octanol–water partition coefficient (Wildman–Crippen LogP) is 3.58. The lowest BCUT2D eigenvalue weighted by atomic mass is 9.80. The molecular weight excluding hydrogens is 448 g/mol. The smallest absolute Gasteiger partial charge is 0.258 e. The summed E-state index contributed by atoms with van der Waals surface area (Å²) in [6.45, 7) is 4.10. The highest BCUT2D eigenvalue weighted by Crippen LogP contribution is 2.30. The largest absolute Gasteiger partial charge is 0.488 e. The molecule has 0 aliphatic heterocycles. The topological polar surface area (TPSA) is 104 Å². The fourth-order valence-corrected chi connectivity index (χ4v) is 2.99. The second-order valence-corrected chi connectivity index (χ2v) is 7.21. The van der Waals surface area contributed by atoms with Crippen LogP contribution < -0.4 is 20.5 Å². The molecular formula is C21H24Cl2FN3O4. The number of halogens is 3. The number of amides is 1. The van der Waals surface area contributed by atoms with Gasteiger partial charge in [-0.1, -0.05) is 29.3 Å². The molecule has 1 aliphatic carbocycles. The zero-order valence-electron chi connectivity index (χ0n) is 17.2. The Labute approximate surface area is 190 Å². The maximum atomic E-state index is 13.4. The lowest BCUT2D eigenvalue weighted by Gasteiger charge is -2.37. The first-order valence-electron chi connectivity index (χ1n) is 9.03. The van der Waals surface area contributed by atoms with Crippen LogP contribution in [0.2, 0.25) is 10.2 Å². The van der Waals surface area contributed by atoms with Crippen molar-refractivity contribution in [1.82, 2.24) is 10.3 Å². The lowest BCUT2D eigenvalue weighted by Crippen LogP contribution is -2.51. The quantitative estimate of drug-likeness (QED) is 0.472. The van der Waals surface area contributed by atoms with Crippen molar-refractivity contribution >= 4 is 35.9 Å².